The Hall–Kier alpha value is -5.80. The number of carbonyl (C=O) groups is 3. The molecule has 0 saturated carbocycles. The summed E-state index contributed by atoms with van der Waals surface area (Å²) in [4.78, 5) is 57.7. The number of rotatable bonds is 20. The highest BCUT2D eigenvalue weighted by molar-refractivity contribution is 6.74. The van der Waals surface area contributed by atoms with Gasteiger partial charge in [-0.25, -0.2) is 4.79 Å². The van der Waals surface area contributed by atoms with Crippen molar-refractivity contribution in [1.29, 1.82) is 0 Å². The molecular formula is C53H70N6O7Si. The quantitative estimate of drug-likeness (QED) is 0.0379. The molecule has 1 aromatic heterocycles. The van der Waals surface area contributed by atoms with Gasteiger partial charge in [0.2, 0.25) is 17.4 Å². The van der Waals surface area contributed by atoms with E-state index >= 15 is 0 Å². The molecule has 0 bridgehead atoms. The fraction of sp³-hybridized carbons (Fsp3) is 0.434. The normalized spacial score (nSPS) is 14.6. The first-order chi connectivity index (χ1) is 32.0. The van der Waals surface area contributed by atoms with Gasteiger partial charge in [-0.15, -0.1) is 0 Å². The molecule has 358 valence electrons. The molecule has 0 spiro atoms. The Morgan fingerprint density at radius 1 is 0.925 bits per heavy atom. The molecule has 0 unspecified atom stereocenters. The zero-order chi connectivity index (χ0) is 48.1. The third-order valence-corrected chi connectivity index (χ3v) is 17.6. The van der Waals surface area contributed by atoms with Crippen LogP contribution in [0.25, 0.3) is 22.0 Å². The predicted molar refractivity (Wildman–Crippen MR) is 270 cm³/mol. The van der Waals surface area contributed by atoms with Crippen LogP contribution in [0, 0.1) is 0 Å². The maximum absolute atomic E-state index is 13.0. The van der Waals surface area contributed by atoms with E-state index in [1.165, 1.54) is 6.07 Å². The molecular weight excluding hydrogens is 861 g/mol. The number of H-pyrrole nitrogens is 1. The molecule has 13 nitrogen and oxygen atoms in total. The summed E-state index contributed by atoms with van der Waals surface area (Å²) in [5.74, 6) is 0.0195. The largest absolute Gasteiger partial charge is 0.506 e. The molecule has 3 amide bonds. The predicted octanol–water partition coefficient (Wildman–Crippen LogP) is 8.79. The lowest BCUT2D eigenvalue weighted by molar-refractivity contribution is -0.130. The van der Waals surface area contributed by atoms with Crippen LogP contribution in [-0.2, 0) is 31.6 Å². The van der Waals surface area contributed by atoms with Gasteiger partial charge in [-0.2, -0.15) is 0 Å². The fourth-order valence-corrected chi connectivity index (χ4v) is 9.53. The molecule has 1 saturated heterocycles. The van der Waals surface area contributed by atoms with Crippen LogP contribution < -0.4 is 21.5 Å². The first-order valence-electron chi connectivity index (χ1n) is 23.6. The Bertz CT molecular complexity index is 2500. The van der Waals surface area contributed by atoms with Gasteiger partial charge in [-0.1, -0.05) is 99.6 Å². The van der Waals surface area contributed by atoms with E-state index in [1.54, 1.807) is 24.1 Å². The molecule has 1 fully saturated rings. The Balaban J connectivity index is 0.882. The molecule has 0 aliphatic carbocycles. The van der Waals surface area contributed by atoms with Crippen molar-refractivity contribution in [2.24, 2.45) is 0 Å². The van der Waals surface area contributed by atoms with Crippen molar-refractivity contribution in [3.05, 3.63) is 130 Å². The highest BCUT2D eigenvalue weighted by Crippen LogP contribution is 2.41. The minimum Gasteiger partial charge on any atom is -0.506 e. The number of fused-ring (bicyclic) bond motifs is 1. The van der Waals surface area contributed by atoms with Crippen LogP contribution in [-0.4, -0.2) is 105 Å². The van der Waals surface area contributed by atoms with Gasteiger partial charge in [0.15, 0.2) is 8.32 Å². The van der Waals surface area contributed by atoms with Crippen molar-refractivity contribution in [1.82, 2.24) is 25.4 Å². The molecule has 2 atom stereocenters. The third kappa shape index (κ3) is 14.6. The number of anilines is 1. The second-order valence-electron chi connectivity index (χ2n) is 19.4. The van der Waals surface area contributed by atoms with Gasteiger partial charge < -0.3 is 39.7 Å². The standard InChI is InChI=1S/C53H70N6O7Si/c1-37(55-36-47(66-67(6,7)53(2,3)4)43-21-23-46(60)51-44(43)22-24-48(61)57-51)33-38-15-13-16-39(34-38)35-49(62)54-28-14-29-58(5)50(63)27-32-59-30-25-41(26-31-59)65-52(64)56-45-20-12-11-19-42(45)40-17-9-8-10-18-40/h8-13,15-24,34,37,41,47,55,60H,14,25-33,35-36H2,1-7H3,(H,54,62)(H,56,64)(H,57,61)/t37-,47-/m0/s1. The summed E-state index contributed by atoms with van der Waals surface area (Å²) in [6.07, 6.45) is 2.50. The summed E-state index contributed by atoms with van der Waals surface area (Å²) in [6, 6.07) is 32.5. The zero-order valence-electron chi connectivity index (χ0n) is 40.3. The Morgan fingerprint density at radius 2 is 1.64 bits per heavy atom. The number of ether oxygens (including phenoxy) is 1. The van der Waals surface area contributed by atoms with Crippen LogP contribution in [0.1, 0.15) is 76.2 Å². The second-order valence-corrected chi connectivity index (χ2v) is 24.2. The average molecular weight is 931 g/mol. The van der Waals surface area contributed by atoms with E-state index in [9.17, 15) is 24.3 Å². The maximum Gasteiger partial charge on any atom is 0.411 e. The number of nitrogens with zero attached hydrogens (tertiary/aromatic N) is 2. The van der Waals surface area contributed by atoms with Crippen LogP contribution in [0.3, 0.4) is 0 Å². The number of pyridine rings is 1. The number of likely N-dealkylation sites (tertiary alicyclic amines) is 1. The number of piperidine rings is 1. The van der Waals surface area contributed by atoms with Crippen LogP contribution in [0.4, 0.5) is 10.5 Å². The molecule has 5 N–H and O–H groups in total. The molecule has 14 heteroatoms. The molecule has 4 aromatic carbocycles. The van der Waals surface area contributed by atoms with Crippen LogP contribution in [0.5, 0.6) is 5.75 Å². The number of phenolic OH excluding ortho intramolecular Hbond substituents is 1. The first kappa shape index (κ1) is 50.6. The number of hydrogen-bond donors (Lipinski definition) is 5. The number of amides is 3. The lowest BCUT2D eigenvalue weighted by atomic mass is 10.0. The molecule has 1 aliphatic rings. The second kappa shape index (κ2) is 23.3. The van der Waals surface area contributed by atoms with Gasteiger partial charge in [0.25, 0.3) is 0 Å². The highest BCUT2D eigenvalue weighted by Gasteiger charge is 2.40. The van der Waals surface area contributed by atoms with Crippen LogP contribution >= 0.6 is 0 Å². The minimum atomic E-state index is -2.23. The summed E-state index contributed by atoms with van der Waals surface area (Å²) in [5, 5.41) is 20.9. The Kier molecular flexibility index (Phi) is 17.6. The monoisotopic (exact) mass is 931 g/mol. The zero-order valence-corrected chi connectivity index (χ0v) is 41.3. The highest BCUT2D eigenvalue weighted by atomic mass is 28.4. The number of hydrogen-bond acceptors (Lipinski definition) is 9. The summed E-state index contributed by atoms with van der Waals surface area (Å²) >= 11 is 0. The third-order valence-electron chi connectivity index (χ3n) is 13.2. The molecule has 5 aromatic rings. The van der Waals surface area contributed by atoms with E-state index in [0.29, 0.717) is 63.1 Å². The van der Waals surface area contributed by atoms with E-state index in [2.05, 4.69) is 78.8 Å². The number of carbonyl (C=O) groups excluding carboxylic acids is 3. The van der Waals surface area contributed by atoms with Gasteiger partial charge in [0.1, 0.15) is 11.9 Å². The van der Waals surface area contributed by atoms with Gasteiger partial charge >= 0.3 is 6.09 Å². The van der Waals surface area contributed by atoms with E-state index in [0.717, 1.165) is 52.7 Å². The molecule has 67 heavy (non-hydrogen) atoms. The topological polar surface area (TPSA) is 165 Å². The van der Waals surface area contributed by atoms with Crippen molar-refractivity contribution >= 4 is 42.8 Å². The fourth-order valence-electron chi connectivity index (χ4n) is 8.25. The van der Waals surface area contributed by atoms with E-state index in [-0.39, 0.29) is 52.8 Å². The van der Waals surface area contributed by atoms with Gasteiger partial charge in [-0.3, -0.25) is 19.7 Å². The van der Waals surface area contributed by atoms with Crippen molar-refractivity contribution in [3.63, 3.8) is 0 Å². The van der Waals surface area contributed by atoms with Gasteiger partial charge in [-0.05, 0) is 91.2 Å². The van der Waals surface area contributed by atoms with Crippen LogP contribution in [0.2, 0.25) is 18.1 Å². The van der Waals surface area contributed by atoms with Gasteiger partial charge in [0, 0.05) is 75.8 Å². The van der Waals surface area contributed by atoms with Crippen molar-refractivity contribution in [2.45, 2.75) is 103 Å². The van der Waals surface area contributed by atoms with Crippen molar-refractivity contribution < 1.29 is 28.7 Å². The molecule has 1 aliphatic heterocycles. The molecule has 6 rings (SSSR count). The summed E-state index contributed by atoms with van der Waals surface area (Å²) in [6.45, 7) is 16.9. The van der Waals surface area contributed by atoms with E-state index < -0.39 is 14.4 Å². The lowest BCUT2D eigenvalue weighted by Gasteiger charge is -2.40. The number of phenols is 1. The minimum absolute atomic E-state index is 0.0204. The SMILES string of the molecule is C[C@@H](Cc1cccc(CC(=O)NCCCN(C)C(=O)CCN2CCC(OC(=O)Nc3ccccc3-c3ccccc3)CC2)c1)NC[C@H](O[Si](C)(C)C(C)(C)C)c1ccc(O)c2[nH]c(=O)ccc12. The number of aromatic nitrogens is 1. The van der Waals surface area contributed by atoms with Crippen molar-refractivity contribution in [2.75, 3.05) is 51.6 Å². The van der Waals surface area contributed by atoms with Crippen LogP contribution in [0.15, 0.2) is 108 Å². The molecule has 0 radical (unpaired) electrons. The first-order valence-corrected chi connectivity index (χ1v) is 26.6. The van der Waals surface area contributed by atoms with Gasteiger partial charge in [0.05, 0.1) is 23.7 Å². The Labute approximate surface area is 396 Å². The average Bonchev–Trinajstić information content (AvgIpc) is 3.29. The van der Waals surface area contributed by atoms with E-state index in [1.807, 2.05) is 72.8 Å². The summed E-state index contributed by atoms with van der Waals surface area (Å²) < 4.78 is 12.8. The summed E-state index contributed by atoms with van der Waals surface area (Å²) in [7, 11) is -0.423. The number of para-hydroxylation sites is 1. The number of aromatic hydroxyl groups is 1. The molecule has 2 heterocycles. The maximum atomic E-state index is 13.0. The van der Waals surface area contributed by atoms with Crippen molar-refractivity contribution in [3.8, 4) is 16.9 Å². The summed E-state index contributed by atoms with van der Waals surface area (Å²) in [5.41, 5.74) is 5.73. The number of nitrogens with one attached hydrogen (secondary N) is 4. The van der Waals surface area contributed by atoms with E-state index in [4.69, 9.17) is 9.16 Å². The number of aromatic amines is 1. The smallest absolute Gasteiger partial charge is 0.411 e. The lowest BCUT2D eigenvalue weighted by Crippen LogP contribution is -2.44. The number of benzene rings is 4. The Morgan fingerprint density at radius 3 is 2.39 bits per heavy atom.